The van der Waals surface area contributed by atoms with Crippen molar-refractivity contribution in [2.45, 2.75) is 46.6 Å². The second-order valence-corrected chi connectivity index (χ2v) is 6.66. The molecular weight excluding hydrogens is 319 g/mol. The first-order valence-electron chi connectivity index (χ1n) is 8.91. The van der Waals surface area contributed by atoms with Crippen LogP contribution in [-0.4, -0.2) is 29.8 Å². The molecule has 0 atom stereocenters. The van der Waals surface area contributed by atoms with Crippen molar-refractivity contribution in [1.82, 2.24) is 10.2 Å². The number of hydrogen-bond acceptors (Lipinski definition) is 2. The molecule has 1 aromatic carbocycles. The van der Waals surface area contributed by atoms with E-state index in [-0.39, 0.29) is 23.5 Å². The van der Waals surface area contributed by atoms with Crippen LogP contribution in [0.5, 0.6) is 0 Å². The summed E-state index contributed by atoms with van der Waals surface area (Å²) in [5, 5.41) is 2.88. The maximum absolute atomic E-state index is 13.5. The lowest BCUT2D eigenvalue weighted by Crippen LogP contribution is -2.43. The van der Waals surface area contributed by atoms with Gasteiger partial charge in [0.25, 0.3) is 0 Å². The van der Waals surface area contributed by atoms with Crippen LogP contribution in [0, 0.1) is 18.7 Å². The van der Waals surface area contributed by atoms with Gasteiger partial charge in [0.15, 0.2) is 0 Å². The summed E-state index contributed by atoms with van der Waals surface area (Å²) in [6.07, 6.45) is 4.11. The number of aryl methyl sites for hydroxylation is 1. The lowest BCUT2D eigenvalue weighted by molar-refractivity contribution is -0.132. The third-order valence-corrected chi connectivity index (χ3v) is 4.70. The number of benzene rings is 1. The third-order valence-electron chi connectivity index (χ3n) is 4.70. The fourth-order valence-corrected chi connectivity index (χ4v) is 3.07. The van der Waals surface area contributed by atoms with Crippen molar-refractivity contribution < 1.29 is 14.0 Å². The molecule has 0 spiro atoms. The van der Waals surface area contributed by atoms with Crippen molar-refractivity contribution in [2.75, 3.05) is 13.1 Å². The number of allylic oxidation sites excluding steroid dienone is 1. The van der Waals surface area contributed by atoms with Gasteiger partial charge in [0.2, 0.25) is 11.8 Å². The van der Waals surface area contributed by atoms with Gasteiger partial charge in [-0.05, 0) is 50.3 Å². The highest BCUT2D eigenvalue weighted by Crippen LogP contribution is 2.19. The zero-order valence-electron chi connectivity index (χ0n) is 15.3. The van der Waals surface area contributed by atoms with Gasteiger partial charge in [-0.3, -0.25) is 9.59 Å². The fraction of sp³-hybridized carbons (Fsp3) is 0.500. The molecule has 1 aromatic rings. The summed E-state index contributed by atoms with van der Waals surface area (Å²) in [4.78, 5) is 26.4. The highest BCUT2D eigenvalue weighted by molar-refractivity contribution is 5.93. The Morgan fingerprint density at radius 3 is 2.60 bits per heavy atom. The molecule has 1 heterocycles. The summed E-state index contributed by atoms with van der Waals surface area (Å²) in [7, 11) is 0. The van der Waals surface area contributed by atoms with Crippen molar-refractivity contribution in [3.05, 3.63) is 46.8 Å². The topological polar surface area (TPSA) is 49.4 Å². The zero-order chi connectivity index (χ0) is 18.4. The molecule has 1 aliphatic rings. The average Bonchev–Trinajstić information content (AvgIpc) is 2.62. The van der Waals surface area contributed by atoms with E-state index < -0.39 is 0 Å². The Morgan fingerprint density at radius 1 is 1.32 bits per heavy atom. The van der Waals surface area contributed by atoms with Crippen LogP contribution in [-0.2, 0) is 16.1 Å². The maximum atomic E-state index is 13.5. The van der Waals surface area contributed by atoms with Gasteiger partial charge in [0, 0.05) is 31.1 Å². The van der Waals surface area contributed by atoms with Gasteiger partial charge in [0.05, 0.1) is 0 Å². The smallest absolute Gasteiger partial charge is 0.249 e. The third kappa shape index (κ3) is 5.15. The van der Waals surface area contributed by atoms with Gasteiger partial charge in [-0.2, -0.15) is 0 Å². The highest BCUT2D eigenvalue weighted by atomic mass is 19.1. The first-order chi connectivity index (χ1) is 11.9. The number of piperidine rings is 1. The van der Waals surface area contributed by atoms with Crippen molar-refractivity contribution in [3.8, 4) is 0 Å². The monoisotopic (exact) mass is 346 g/mol. The van der Waals surface area contributed by atoms with E-state index in [1.165, 1.54) is 6.07 Å². The largest absolute Gasteiger partial charge is 0.352 e. The van der Waals surface area contributed by atoms with Crippen LogP contribution < -0.4 is 5.32 Å². The van der Waals surface area contributed by atoms with Crippen LogP contribution in [0.1, 0.15) is 44.2 Å². The summed E-state index contributed by atoms with van der Waals surface area (Å²) < 4.78 is 13.5. The first-order valence-corrected chi connectivity index (χ1v) is 8.91. The van der Waals surface area contributed by atoms with Crippen LogP contribution >= 0.6 is 0 Å². The molecule has 1 aliphatic heterocycles. The Morgan fingerprint density at radius 2 is 2.00 bits per heavy atom. The van der Waals surface area contributed by atoms with Crippen molar-refractivity contribution >= 4 is 11.8 Å². The minimum Gasteiger partial charge on any atom is -0.352 e. The molecule has 5 heteroatoms. The van der Waals surface area contributed by atoms with Crippen molar-refractivity contribution in [3.63, 3.8) is 0 Å². The van der Waals surface area contributed by atoms with E-state index in [0.717, 1.165) is 17.6 Å². The normalized spacial score (nSPS) is 16.0. The van der Waals surface area contributed by atoms with Gasteiger partial charge < -0.3 is 10.2 Å². The number of halogens is 1. The Hall–Kier alpha value is -2.17. The van der Waals surface area contributed by atoms with Crippen LogP contribution in [0.2, 0.25) is 0 Å². The number of carbonyl (C=O) groups excluding carboxylic acids is 2. The quantitative estimate of drug-likeness (QED) is 0.831. The molecule has 1 N–H and O–H groups in total. The van der Waals surface area contributed by atoms with E-state index in [1.54, 1.807) is 13.0 Å². The molecular formula is C20H27FN2O2. The molecule has 0 unspecified atom stereocenters. The lowest BCUT2D eigenvalue weighted by Gasteiger charge is -2.31. The Balaban J connectivity index is 1.82. The number of hydrogen-bond donors (Lipinski definition) is 1. The van der Waals surface area contributed by atoms with Gasteiger partial charge in [-0.1, -0.05) is 25.1 Å². The summed E-state index contributed by atoms with van der Waals surface area (Å²) in [5.74, 6) is -0.298. The summed E-state index contributed by atoms with van der Waals surface area (Å²) in [6, 6.07) is 5.00. The molecule has 25 heavy (non-hydrogen) atoms. The predicted molar refractivity (Wildman–Crippen MR) is 96.3 cm³/mol. The Labute approximate surface area is 149 Å². The van der Waals surface area contributed by atoms with Gasteiger partial charge >= 0.3 is 0 Å². The SMILES string of the molecule is CCC=C(C)C(=O)N1CCC(C(=O)NCc2ccc(C)c(F)c2)CC1. The number of carbonyl (C=O) groups is 2. The van der Waals surface area contributed by atoms with Crippen LogP contribution in [0.25, 0.3) is 0 Å². The fourth-order valence-electron chi connectivity index (χ4n) is 3.07. The van der Waals surface area contributed by atoms with E-state index in [2.05, 4.69) is 5.32 Å². The molecule has 1 saturated heterocycles. The van der Waals surface area contributed by atoms with Crippen LogP contribution in [0.4, 0.5) is 4.39 Å². The second-order valence-electron chi connectivity index (χ2n) is 6.66. The van der Waals surface area contributed by atoms with E-state index in [1.807, 2.05) is 30.9 Å². The minimum atomic E-state index is -0.255. The van der Waals surface area contributed by atoms with Crippen molar-refractivity contribution in [2.24, 2.45) is 5.92 Å². The maximum Gasteiger partial charge on any atom is 0.249 e. The van der Waals surface area contributed by atoms with Crippen molar-refractivity contribution in [1.29, 1.82) is 0 Å². The standard InChI is InChI=1S/C20H27FN2O2/c1-4-5-15(3)20(25)23-10-8-17(9-11-23)19(24)22-13-16-7-6-14(2)18(21)12-16/h5-7,12,17H,4,8-11,13H2,1-3H3,(H,22,24). The Bertz CT molecular complexity index is 662. The van der Waals surface area contributed by atoms with E-state index in [9.17, 15) is 14.0 Å². The van der Waals surface area contributed by atoms with Crippen LogP contribution in [0.15, 0.2) is 29.8 Å². The van der Waals surface area contributed by atoms with Gasteiger partial charge in [-0.25, -0.2) is 4.39 Å². The van der Waals surface area contributed by atoms with E-state index in [0.29, 0.717) is 38.0 Å². The Kier molecular flexibility index (Phi) is 6.73. The molecule has 0 radical (unpaired) electrons. The molecule has 4 nitrogen and oxygen atoms in total. The number of nitrogens with zero attached hydrogens (tertiary/aromatic N) is 1. The predicted octanol–water partition coefficient (Wildman–Crippen LogP) is 3.35. The number of amides is 2. The lowest BCUT2D eigenvalue weighted by atomic mass is 9.95. The molecule has 2 amide bonds. The summed E-state index contributed by atoms with van der Waals surface area (Å²) in [5.41, 5.74) is 2.12. The molecule has 0 bridgehead atoms. The first kappa shape index (κ1) is 19.2. The van der Waals surface area contributed by atoms with E-state index >= 15 is 0 Å². The number of rotatable bonds is 5. The number of likely N-dealkylation sites (tertiary alicyclic amines) is 1. The highest BCUT2D eigenvalue weighted by Gasteiger charge is 2.27. The molecule has 136 valence electrons. The summed E-state index contributed by atoms with van der Waals surface area (Å²) >= 11 is 0. The van der Waals surface area contributed by atoms with Gasteiger partial charge in [-0.15, -0.1) is 0 Å². The van der Waals surface area contributed by atoms with Gasteiger partial charge in [0.1, 0.15) is 5.82 Å². The molecule has 2 rings (SSSR count). The second kappa shape index (κ2) is 8.79. The molecule has 0 aromatic heterocycles. The molecule has 1 fully saturated rings. The van der Waals surface area contributed by atoms with Crippen LogP contribution in [0.3, 0.4) is 0 Å². The zero-order valence-corrected chi connectivity index (χ0v) is 15.3. The average molecular weight is 346 g/mol. The molecule has 0 saturated carbocycles. The minimum absolute atomic E-state index is 0.0195. The van der Waals surface area contributed by atoms with E-state index in [4.69, 9.17) is 0 Å². The number of nitrogens with one attached hydrogen (secondary N) is 1. The summed E-state index contributed by atoms with van der Waals surface area (Å²) in [6.45, 7) is 7.09. The molecule has 0 aliphatic carbocycles.